The highest BCUT2D eigenvalue weighted by Gasteiger charge is 2.01. The summed E-state index contributed by atoms with van der Waals surface area (Å²) in [5, 5.41) is 3.99. The van der Waals surface area contributed by atoms with Crippen molar-refractivity contribution >= 4 is 28.1 Å². The highest BCUT2D eigenvalue weighted by atomic mass is 79.9. The third-order valence-corrected chi connectivity index (χ3v) is 3.54. The topological polar surface area (TPSA) is 50.7 Å². The van der Waals surface area contributed by atoms with E-state index >= 15 is 0 Å². The van der Waals surface area contributed by atoms with Crippen LogP contribution in [0, 0.1) is 0 Å². The van der Waals surface area contributed by atoms with E-state index in [2.05, 4.69) is 33.4 Å². The van der Waals surface area contributed by atoms with Crippen LogP contribution in [0.25, 0.3) is 0 Å². The minimum atomic E-state index is -0.151. The Morgan fingerprint density at radius 3 is 2.78 bits per heavy atom. The highest BCUT2D eigenvalue weighted by Crippen LogP contribution is 2.12. The van der Waals surface area contributed by atoms with Crippen molar-refractivity contribution < 1.29 is 9.53 Å². The lowest BCUT2D eigenvalue weighted by Crippen LogP contribution is -2.19. The minimum Gasteiger partial charge on any atom is -0.494 e. The standard InChI is InChI=1S/C18H19BrN2O2/c1-2-10-23-17-5-3-4-15(11-17)13-20-21-18(22)12-14-6-8-16(19)9-7-14/h3-9,11,13H,2,10,12H2,1H3,(H,21,22)/b20-13+. The van der Waals surface area contributed by atoms with E-state index in [9.17, 15) is 4.79 Å². The van der Waals surface area contributed by atoms with Crippen molar-refractivity contribution in [2.24, 2.45) is 5.10 Å². The number of rotatable bonds is 7. The molecule has 0 aromatic heterocycles. The molecule has 0 saturated heterocycles. The van der Waals surface area contributed by atoms with Crippen molar-refractivity contribution in [2.75, 3.05) is 6.61 Å². The molecule has 0 bridgehead atoms. The second-order valence-electron chi connectivity index (χ2n) is 5.02. The molecule has 0 saturated carbocycles. The van der Waals surface area contributed by atoms with Gasteiger partial charge in [-0.25, -0.2) is 5.43 Å². The Balaban J connectivity index is 1.85. The molecule has 0 fully saturated rings. The molecule has 0 unspecified atom stereocenters. The molecule has 1 amide bonds. The second kappa shape index (κ2) is 9.10. The number of benzene rings is 2. The first-order valence-corrected chi connectivity index (χ1v) is 8.26. The first-order valence-electron chi connectivity index (χ1n) is 7.46. The van der Waals surface area contributed by atoms with E-state index in [4.69, 9.17) is 4.74 Å². The Morgan fingerprint density at radius 1 is 1.26 bits per heavy atom. The van der Waals surface area contributed by atoms with E-state index in [0.717, 1.165) is 27.8 Å². The lowest BCUT2D eigenvalue weighted by molar-refractivity contribution is -0.120. The normalized spacial score (nSPS) is 10.7. The van der Waals surface area contributed by atoms with Crippen LogP contribution in [0.3, 0.4) is 0 Å². The third-order valence-electron chi connectivity index (χ3n) is 3.01. The number of hydrazone groups is 1. The van der Waals surface area contributed by atoms with Gasteiger partial charge in [0.2, 0.25) is 5.91 Å². The average molecular weight is 375 g/mol. The Bertz CT molecular complexity index is 669. The van der Waals surface area contributed by atoms with Gasteiger partial charge in [0.25, 0.3) is 0 Å². The fraction of sp³-hybridized carbons (Fsp3) is 0.222. The van der Waals surface area contributed by atoms with Crippen LogP contribution in [0.5, 0.6) is 5.75 Å². The van der Waals surface area contributed by atoms with Crippen LogP contribution in [0.1, 0.15) is 24.5 Å². The molecule has 0 radical (unpaired) electrons. The fourth-order valence-corrected chi connectivity index (χ4v) is 2.17. The van der Waals surface area contributed by atoms with Gasteiger partial charge in [-0.3, -0.25) is 4.79 Å². The molecule has 2 aromatic rings. The summed E-state index contributed by atoms with van der Waals surface area (Å²) in [6.45, 7) is 2.75. The minimum absolute atomic E-state index is 0.151. The predicted molar refractivity (Wildman–Crippen MR) is 95.8 cm³/mol. The summed E-state index contributed by atoms with van der Waals surface area (Å²) in [5.41, 5.74) is 4.35. The van der Waals surface area contributed by atoms with Gasteiger partial charge in [-0.15, -0.1) is 0 Å². The lowest BCUT2D eigenvalue weighted by atomic mass is 10.1. The maximum atomic E-state index is 11.8. The SMILES string of the molecule is CCCOc1cccc(/C=N/NC(=O)Cc2ccc(Br)cc2)c1. The molecule has 2 rings (SSSR count). The number of hydrogen-bond donors (Lipinski definition) is 1. The molecule has 0 spiro atoms. The van der Waals surface area contributed by atoms with E-state index in [0.29, 0.717) is 13.0 Å². The van der Waals surface area contributed by atoms with Crippen LogP contribution in [-0.4, -0.2) is 18.7 Å². The second-order valence-corrected chi connectivity index (χ2v) is 5.93. The van der Waals surface area contributed by atoms with Gasteiger partial charge in [-0.05, 0) is 41.8 Å². The number of nitrogens with zero attached hydrogens (tertiary/aromatic N) is 1. The summed E-state index contributed by atoms with van der Waals surface area (Å²) < 4.78 is 6.55. The molecule has 23 heavy (non-hydrogen) atoms. The van der Waals surface area contributed by atoms with Gasteiger partial charge in [0, 0.05) is 4.47 Å². The van der Waals surface area contributed by atoms with Gasteiger partial charge >= 0.3 is 0 Å². The number of ether oxygens (including phenoxy) is 1. The summed E-state index contributed by atoms with van der Waals surface area (Å²) in [6.07, 6.45) is 2.87. The Hall–Kier alpha value is -2.14. The van der Waals surface area contributed by atoms with E-state index in [1.165, 1.54) is 0 Å². The number of hydrogen-bond acceptors (Lipinski definition) is 3. The number of halogens is 1. The summed E-state index contributed by atoms with van der Waals surface area (Å²) in [5.74, 6) is 0.652. The fourth-order valence-electron chi connectivity index (χ4n) is 1.91. The number of carbonyl (C=O) groups excluding carboxylic acids is 1. The number of carbonyl (C=O) groups is 1. The third kappa shape index (κ3) is 6.24. The van der Waals surface area contributed by atoms with E-state index < -0.39 is 0 Å². The van der Waals surface area contributed by atoms with Crippen molar-refractivity contribution in [2.45, 2.75) is 19.8 Å². The summed E-state index contributed by atoms with van der Waals surface area (Å²) >= 11 is 3.37. The molecular formula is C18H19BrN2O2. The van der Waals surface area contributed by atoms with Crippen molar-refractivity contribution in [3.05, 3.63) is 64.1 Å². The first-order chi connectivity index (χ1) is 11.2. The van der Waals surface area contributed by atoms with Crippen molar-refractivity contribution in [1.82, 2.24) is 5.43 Å². The van der Waals surface area contributed by atoms with Crippen LogP contribution < -0.4 is 10.2 Å². The molecule has 0 heterocycles. The molecule has 1 N–H and O–H groups in total. The van der Waals surface area contributed by atoms with Gasteiger partial charge in [-0.2, -0.15) is 5.10 Å². The zero-order chi connectivity index (χ0) is 16.5. The molecule has 0 aliphatic heterocycles. The monoisotopic (exact) mass is 374 g/mol. The lowest BCUT2D eigenvalue weighted by Gasteiger charge is -2.04. The molecule has 4 nitrogen and oxygen atoms in total. The summed E-state index contributed by atoms with van der Waals surface area (Å²) in [4.78, 5) is 11.8. The zero-order valence-electron chi connectivity index (χ0n) is 13.0. The maximum absolute atomic E-state index is 11.8. The van der Waals surface area contributed by atoms with E-state index in [1.54, 1.807) is 6.21 Å². The smallest absolute Gasteiger partial charge is 0.244 e. The van der Waals surface area contributed by atoms with Crippen molar-refractivity contribution in [1.29, 1.82) is 0 Å². The van der Waals surface area contributed by atoms with Gasteiger partial charge in [0.1, 0.15) is 5.75 Å². The molecule has 0 aliphatic rings. The molecule has 2 aromatic carbocycles. The Kier molecular flexibility index (Phi) is 6.81. The largest absolute Gasteiger partial charge is 0.494 e. The molecule has 120 valence electrons. The van der Waals surface area contributed by atoms with Crippen molar-refractivity contribution in [3.63, 3.8) is 0 Å². The number of nitrogens with one attached hydrogen (secondary N) is 1. The molecule has 0 aliphatic carbocycles. The maximum Gasteiger partial charge on any atom is 0.244 e. The van der Waals surface area contributed by atoms with Crippen LogP contribution in [0.4, 0.5) is 0 Å². The zero-order valence-corrected chi connectivity index (χ0v) is 14.5. The van der Waals surface area contributed by atoms with E-state index in [-0.39, 0.29) is 5.91 Å². The van der Waals surface area contributed by atoms with Crippen LogP contribution >= 0.6 is 15.9 Å². The Labute approximate surface area is 144 Å². The quantitative estimate of drug-likeness (QED) is 0.589. The average Bonchev–Trinajstić information content (AvgIpc) is 2.55. The van der Waals surface area contributed by atoms with Crippen LogP contribution in [-0.2, 0) is 11.2 Å². The van der Waals surface area contributed by atoms with Crippen molar-refractivity contribution in [3.8, 4) is 5.75 Å². The van der Waals surface area contributed by atoms with Crippen LogP contribution in [0.15, 0.2) is 58.1 Å². The summed E-state index contributed by atoms with van der Waals surface area (Å²) in [6, 6.07) is 15.2. The number of amides is 1. The predicted octanol–water partition coefficient (Wildman–Crippen LogP) is 3.93. The Morgan fingerprint density at radius 2 is 2.04 bits per heavy atom. The first kappa shape index (κ1) is 17.2. The van der Waals surface area contributed by atoms with Gasteiger partial charge in [0.05, 0.1) is 19.2 Å². The summed E-state index contributed by atoms with van der Waals surface area (Å²) in [7, 11) is 0. The molecule has 0 atom stereocenters. The molecule has 5 heteroatoms. The van der Waals surface area contributed by atoms with Gasteiger partial charge in [0.15, 0.2) is 0 Å². The van der Waals surface area contributed by atoms with E-state index in [1.807, 2.05) is 48.5 Å². The molecular weight excluding hydrogens is 356 g/mol. The highest BCUT2D eigenvalue weighted by molar-refractivity contribution is 9.10. The van der Waals surface area contributed by atoms with Crippen LogP contribution in [0.2, 0.25) is 0 Å². The van der Waals surface area contributed by atoms with Gasteiger partial charge < -0.3 is 4.74 Å². The van der Waals surface area contributed by atoms with Gasteiger partial charge in [-0.1, -0.05) is 47.1 Å².